The summed E-state index contributed by atoms with van der Waals surface area (Å²) in [6, 6.07) is 6.33. The third-order valence-electron chi connectivity index (χ3n) is 1.57. The lowest BCUT2D eigenvalue weighted by atomic mass is 10.2. The molecule has 2 aromatic rings. The molecule has 0 aliphatic rings. The van der Waals surface area contributed by atoms with Crippen LogP contribution in [0.3, 0.4) is 0 Å². The number of halogens is 1. The van der Waals surface area contributed by atoms with Crippen LogP contribution in [0.4, 0.5) is 4.39 Å². The van der Waals surface area contributed by atoms with E-state index in [2.05, 4.69) is 4.98 Å². The number of nitrogens with zero attached hydrogens (tertiary/aromatic N) is 1. The molecule has 1 heterocycles. The van der Waals surface area contributed by atoms with Crippen LogP contribution in [0.2, 0.25) is 0 Å². The number of benzene rings is 1. The summed E-state index contributed by atoms with van der Waals surface area (Å²) in [5, 5.41) is 1.94. The SMILES string of the molecule is Fc1ccc(-c2cscn2)cc1. The van der Waals surface area contributed by atoms with Crippen LogP contribution in [0, 0.1) is 5.82 Å². The Labute approximate surface area is 73.5 Å². The van der Waals surface area contributed by atoms with Crippen LogP contribution in [-0.4, -0.2) is 4.98 Å². The fourth-order valence-electron chi connectivity index (χ4n) is 0.976. The van der Waals surface area contributed by atoms with Gasteiger partial charge in [0.15, 0.2) is 0 Å². The normalized spacial score (nSPS) is 10.1. The van der Waals surface area contributed by atoms with Crippen molar-refractivity contribution < 1.29 is 4.39 Å². The minimum absolute atomic E-state index is 0.214. The van der Waals surface area contributed by atoms with Gasteiger partial charge in [-0.25, -0.2) is 9.37 Å². The van der Waals surface area contributed by atoms with Gasteiger partial charge in [0.25, 0.3) is 0 Å². The molecule has 0 atom stereocenters. The fraction of sp³-hybridized carbons (Fsp3) is 0. The maximum Gasteiger partial charge on any atom is 0.123 e. The van der Waals surface area contributed by atoms with Crippen LogP contribution < -0.4 is 0 Å². The van der Waals surface area contributed by atoms with Gasteiger partial charge in [-0.2, -0.15) is 0 Å². The summed E-state index contributed by atoms with van der Waals surface area (Å²) >= 11 is 1.53. The molecule has 3 heteroatoms. The highest BCUT2D eigenvalue weighted by atomic mass is 32.1. The van der Waals surface area contributed by atoms with E-state index < -0.39 is 0 Å². The Balaban J connectivity index is 2.43. The van der Waals surface area contributed by atoms with E-state index >= 15 is 0 Å². The first-order valence-corrected chi connectivity index (χ1v) is 4.45. The van der Waals surface area contributed by atoms with Gasteiger partial charge in [-0.3, -0.25) is 0 Å². The number of rotatable bonds is 1. The highest BCUT2D eigenvalue weighted by molar-refractivity contribution is 7.07. The summed E-state index contributed by atoms with van der Waals surface area (Å²) in [7, 11) is 0. The standard InChI is InChI=1S/C9H6FNS/c10-8-3-1-7(2-4-8)9-5-12-6-11-9/h1-6H. The van der Waals surface area contributed by atoms with Crippen LogP contribution in [0.15, 0.2) is 35.2 Å². The lowest BCUT2D eigenvalue weighted by Crippen LogP contribution is -1.77. The van der Waals surface area contributed by atoms with Gasteiger partial charge in [0.2, 0.25) is 0 Å². The fourth-order valence-corrected chi connectivity index (χ4v) is 1.54. The predicted octanol–water partition coefficient (Wildman–Crippen LogP) is 2.95. The van der Waals surface area contributed by atoms with Crippen LogP contribution in [0.5, 0.6) is 0 Å². The smallest absolute Gasteiger partial charge is 0.123 e. The molecule has 60 valence electrons. The Bertz CT molecular complexity index is 353. The minimum Gasteiger partial charge on any atom is -0.245 e. The number of hydrogen-bond donors (Lipinski definition) is 0. The zero-order chi connectivity index (χ0) is 8.39. The third-order valence-corrected chi connectivity index (χ3v) is 2.16. The van der Waals surface area contributed by atoms with Crippen LogP contribution in [0.25, 0.3) is 11.3 Å². The van der Waals surface area contributed by atoms with Gasteiger partial charge in [0, 0.05) is 10.9 Å². The minimum atomic E-state index is -0.214. The van der Waals surface area contributed by atoms with Gasteiger partial charge >= 0.3 is 0 Å². The van der Waals surface area contributed by atoms with Crippen molar-refractivity contribution in [3.8, 4) is 11.3 Å². The van der Waals surface area contributed by atoms with E-state index in [1.54, 1.807) is 17.6 Å². The number of aromatic nitrogens is 1. The summed E-state index contributed by atoms with van der Waals surface area (Å²) in [5.74, 6) is -0.214. The van der Waals surface area contributed by atoms with Gasteiger partial charge in [-0.15, -0.1) is 11.3 Å². The first-order valence-electron chi connectivity index (χ1n) is 3.50. The summed E-state index contributed by atoms with van der Waals surface area (Å²) in [4.78, 5) is 4.11. The predicted molar refractivity (Wildman–Crippen MR) is 47.5 cm³/mol. The van der Waals surface area contributed by atoms with Gasteiger partial charge < -0.3 is 0 Å². The van der Waals surface area contributed by atoms with Crippen molar-refractivity contribution >= 4 is 11.3 Å². The summed E-state index contributed by atoms with van der Waals surface area (Å²) < 4.78 is 12.5. The molecule has 12 heavy (non-hydrogen) atoms. The topological polar surface area (TPSA) is 12.9 Å². The molecule has 0 aliphatic carbocycles. The van der Waals surface area contributed by atoms with Crippen LogP contribution in [0.1, 0.15) is 0 Å². The zero-order valence-electron chi connectivity index (χ0n) is 6.20. The average molecular weight is 179 g/mol. The highest BCUT2D eigenvalue weighted by Gasteiger charge is 1.98. The molecule has 0 N–H and O–H groups in total. The molecule has 0 saturated carbocycles. The Morgan fingerprint density at radius 2 is 1.92 bits per heavy atom. The van der Waals surface area contributed by atoms with Crippen molar-refractivity contribution in [3.05, 3.63) is 41.0 Å². The highest BCUT2D eigenvalue weighted by Crippen LogP contribution is 2.18. The first-order chi connectivity index (χ1) is 5.86. The second-order valence-corrected chi connectivity index (χ2v) is 3.10. The van der Waals surface area contributed by atoms with Gasteiger partial charge in [0.1, 0.15) is 5.82 Å². The summed E-state index contributed by atoms with van der Waals surface area (Å²) in [6.45, 7) is 0. The van der Waals surface area contributed by atoms with Gasteiger partial charge in [0.05, 0.1) is 11.2 Å². The quantitative estimate of drug-likeness (QED) is 0.655. The number of thiazole rings is 1. The van der Waals surface area contributed by atoms with Crippen molar-refractivity contribution in [2.45, 2.75) is 0 Å². The Kier molecular flexibility index (Phi) is 1.87. The monoisotopic (exact) mass is 179 g/mol. The van der Waals surface area contributed by atoms with E-state index in [1.807, 2.05) is 5.38 Å². The largest absolute Gasteiger partial charge is 0.245 e. The van der Waals surface area contributed by atoms with Crippen LogP contribution in [-0.2, 0) is 0 Å². The molecule has 0 aliphatic heterocycles. The molecule has 0 fully saturated rings. The van der Waals surface area contributed by atoms with Crippen molar-refractivity contribution in [2.75, 3.05) is 0 Å². The lowest BCUT2D eigenvalue weighted by molar-refractivity contribution is 0.628. The molecule has 1 aromatic heterocycles. The second kappa shape index (κ2) is 3.03. The Morgan fingerprint density at radius 3 is 2.50 bits per heavy atom. The van der Waals surface area contributed by atoms with E-state index in [0.29, 0.717) is 0 Å². The Hall–Kier alpha value is -1.22. The van der Waals surface area contributed by atoms with E-state index in [4.69, 9.17) is 0 Å². The molecule has 1 aromatic carbocycles. The zero-order valence-corrected chi connectivity index (χ0v) is 7.01. The molecule has 2 rings (SSSR count). The van der Waals surface area contributed by atoms with Crippen molar-refractivity contribution in [1.82, 2.24) is 4.98 Å². The molecule has 0 unspecified atom stereocenters. The summed E-state index contributed by atoms with van der Waals surface area (Å²) in [6.07, 6.45) is 0. The molecule has 1 nitrogen and oxygen atoms in total. The third kappa shape index (κ3) is 1.36. The Morgan fingerprint density at radius 1 is 1.17 bits per heavy atom. The first kappa shape index (κ1) is 7.43. The van der Waals surface area contributed by atoms with Crippen molar-refractivity contribution in [3.63, 3.8) is 0 Å². The molecule has 0 amide bonds. The van der Waals surface area contributed by atoms with E-state index in [-0.39, 0.29) is 5.82 Å². The molecular formula is C9H6FNS. The summed E-state index contributed by atoms with van der Waals surface area (Å²) in [5.41, 5.74) is 3.62. The molecule has 0 saturated heterocycles. The van der Waals surface area contributed by atoms with Crippen LogP contribution >= 0.6 is 11.3 Å². The molecular weight excluding hydrogens is 173 g/mol. The number of hydrogen-bond acceptors (Lipinski definition) is 2. The van der Waals surface area contributed by atoms with Crippen molar-refractivity contribution in [1.29, 1.82) is 0 Å². The van der Waals surface area contributed by atoms with E-state index in [1.165, 1.54) is 23.5 Å². The van der Waals surface area contributed by atoms with Gasteiger partial charge in [-0.05, 0) is 24.3 Å². The molecule has 0 spiro atoms. The second-order valence-electron chi connectivity index (χ2n) is 2.38. The maximum atomic E-state index is 12.5. The average Bonchev–Trinajstić information content (AvgIpc) is 2.58. The van der Waals surface area contributed by atoms with Crippen molar-refractivity contribution in [2.24, 2.45) is 0 Å². The molecule has 0 radical (unpaired) electrons. The lowest BCUT2D eigenvalue weighted by Gasteiger charge is -1.94. The molecule has 0 bridgehead atoms. The van der Waals surface area contributed by atoms with E-state index in [9.17, 15) is 4.39 Å². The van der Waals surface area contributed by atoms with E-state index in [0.717, 1.165) is 11.3 Å². The maximum absolute atomic E-state index is 12.5. The van der Waals surface area contributed by atoms with Gasteiger partial charge in [-0.1, -0.05) is 0 Å².